The number of benzene rings is 2. The number of hydrogen-bond donors (Lipinski definition) is 0. The Morgan fingerprint density at radius 3 is 2.54 bits per heavy atom. The molecule has 0 unspecified atom stereocenters. The van der Waals surface area contributed by atoms with Gasteiger partial charge in [0.2, 0.25) is 0 Å². The van der Waals surface area contributed by atoms with Crippen LogP contribution >= 0.6 is 0 Å². The number of para-hydroxylation sites is 1. The van der Waals surface area contributed by atoms with Crippen molar-refractivity contribution >= 4 is 0 Å². The van der Waals surface area contributed by atoms with E-state index in [4.69, 9.17) is 9.47 Å². The molecule has 0 amide bonds. The van der Waals surface area contributed by atoms with Gasteiger partial charge in [-0.15, -0.1) is 5.10 Å². The molecule has 0 atom stereocenters. The summed E-state index contributed by atoms with van der Waals surface area (Å²) >= 11 is 0. The zero-order chi connectivity index (χ0) is 16.8. The summed E-state index contributed by atoms with van der Waals surface area (Å²) < 4.78 is 12.7. The highest BCUT2D eigenvalue weighted by molar-refractivity contribution is 5.47. The zero-order valence-electron chi connectivity index (χ0n) is 13.8. The number of tetrazole rings is 1. The third-order valence-corrected chi connectivity index (χ3v) is 3.89. The number of methoxy groups -OCH3 is 2. The normalized spacial score (nSPS) is 10.6. The van der Waals surface area contributed by atoms with Gasteiger partial charge in [-0.2, -0.15) is 0 Å². The summed E-state index contributed by atoms with van der Waals surface area (Å²) in [4.78, 5) is 0. The van der Waals surface area contributed by atoms with Crippen molar-refractivity contribution < 1.29 is 9.47 Å². The molecule has 0 aliphatic rings. The minimum Gasteiger partial charge on any atom is -0.493 e. The van der Waals surface area contributed by atoms with Gasteiger partial charge in [-0.3, -0.25) is 0 Å². The number of rotatable bonds is 7. The second kappa shape index (κ2) is 7.59. The molecule has 0 bridgehead atoms. The van der Waals surface area contributed by atoms with Crippen LogP contribution < -0.4 is 9.47 Å². The van der Waals surface area contributed by atoms with Crippen molar-refractivity contribution in [3.05, 3.63) is 65.5 Å². The quantitative estimate of drug-likeness (QED) is 0.668. The predicted octanol–water partition coefficient (Wildman–Crippen LogP) is 2.52. The average molecular weight is 324 g/mol. The highest BCUT2D eigenvalue weighted by atomic mass is 16.5. The van der Waals surface area contributed by atoms with E-state index in [0.717, 1.165) is 30.1 Å². The van der Waals surface area contributed by atoms with E-state index < -0.39 is 0 Å². The van der Waals surface area contributed by atoms with Crippen LogP contribution in [0.3, 0.4) is 0 Å². The van der Waals surface area contributed by atoms with E-state index in [0.29, 0.717) is 12.2 Å². The van der Waals surface area contributed by atoms with Gasteiger partial charge in [-0.25, -0.2) is 4.68 Å². The first-order chi connectivity index (χ1) is 11.8. The van der Waals surface area contributed by atoms with Gasteiger partial charge in [0.05, 0.1) is 14.2 Å². The first-order valence-corrected chi connectivity index (χ1v) is 7.80. The monoisotopic (exact) mass is 324 g/mol. The summed E-state index contributed by atoms with van der Waals surface area (Å²) in [7, 11) is 3.27. The number of aromatic nitrogens is 4. The Labute approximate surface area is 141 Å². The fraction of sp³-hybridized carbons (Fsp3) is 0.278. The molecular formula is C18H20N4O2. The molecule has 1 aromatic heterocycles. The Balaban J connectivity index is 1.76. The van der Waals surface area contributed by atoms with E-state index in [1.54, 1.807) is 14.2 Å². The maximum atomic E-state index is 5.48. The van der Waals surface area contributed by atoms with Crippen molar-refractivity contribution in [1.82, 2.24) is 20.2 Å². The number of aryl methyl sites for hydroxylation is 2. The molecule has 24 heavy (non-hydrogen) atoms. The lowest BCUT2D eigenvalue weighted by Crippen LogP contribution is -2.09. The minimum absolute atomic E-state index is 0.585. The molecule has 0 radical (unpaired) electrons. The molecule has 3 rings (SSSR count). The molecule has 0 saturated heterocycles. The molecule has 0 aliphatic heterocycles. The Morgan fingerprint density at radius 1 is 0.958 bits per heavy atom. The van der Waals surface area contributed by atoms with E-state index >= 15 is 0 Å². The Morgan fingerprint density at radius 2 is 1.79 bits per heavy atom. The lowest BCUT2D eigenvalue weighted by atomic mass is 10.1. The van der Waals surface area contributed by atoms with Gasteiger partial charge < -0.3 is 9.47 Å². The molecule has 0 saturated carbocycles. The largest absolute Gasteiger partial charge is 0.493 e. The van der Waals surface area contributed by atoms with Crippen LogP contribution in [0.2, 0.25) is 0 Å². The van der Waals surface area contributed by atoms with E-state index in [2.05, 4.69) is 27.7 Å². The second-order valence-electron chi connectivity index (χ2n) is 5.38. The molecule has 1 heterocycles. The van der Waals surface area contributed by atoms with E-state index in [-0.39, 0.29) is 0 Å². The van der Waals surface area contributed by atoms with Gasteiger partial charge in [-0.1, -0.05) is 42.5 Å². The Hall–Kier alpha value is -2.89. The lowest BCUT2D eigenvalue weighted by Gasteiger charge is -2.12. The minimum atomic E-state index is 0.585. The van der Waals surface area contributed by atoms with Gasteiger partial charge in [0.25, 0.3) is 0 Å². The highest BCUT2D eigenvalue weighted by Crippen LogP contribution is 2.31. The number of ether oxygens (including phenoxy) is 2. The maximum Gasteiger partial charge on any atom is 0.164 e. The van der Waals surface area contributed by atoms with Gasteiger partial charge in [-0.05, 0) is 28.5 Å². The van der Waals surface area contributed by atoms with Crippen LogP contribution in [0.1, 0.15) is 17.0 Å². The molecule has 0 N–H and O–H groups in total. The van der Waals surface area contributed by atoms with Crippen LogP contribution in [-0.2, 0) is 19.4 Å². The average Bonchev–Trinajstić information content (AvgIpc) is 3.07. The van der Waals surface area contributed by atoms with Crippen LogP contribution in [0.15, 0.2) is 48.5 Å². The summed E-state index contributed by atoms with van der Waals surface area (Å²) in [5.41, 5.74) is 2.26. The molecule has 0 aliphatic carbocycles. The van der Waals surface area contributed by atoms with Crippen LogP contribution in [0, 0.1) is 0 Å². The fourth-order valence-electron chi connectivity index (χ4n) is 2.67. The van der Waals surface area contributed by atoms with E-state index in [1.165, 1.54) is 5.56 Å². The van der Waals surface area contributed by atoms with E-state index in [9.17, 15) is 0 Å². The first-order valence-electron chi connectivity index (χ1n) is 7.80. The summed E-state index contributed by atoms with van der Waals surface area (Å²) in [5.74, 6) is 2.23. The van der Waals surface area contributed by atoms with Crippen molar-refractivity contribution in [2.24, 2.45) is 0 Å². The molecular weight excluding hydrogens is 304 g/mol. The van der Waals surface area contributed by atoms with Crippen molar-refractivity contribution in [3.63, 3.8) is 0 Å². The first kappa shape index (κ1) is 16.0. The molecule has 6 heteroatoms. The van der Waals surface area contributed by atoms with Gasteiger partial charge in [0.1, 0.15) is 0 Å². The summed E-state index contributed by atoms with van der Waals surface area (Å²) in [6, 6.07) is 16.1. The van der Waals surface area contributed by atoms with Gasteiger partial charge in [0.15, 0.2) is 17.3 Å². The Bertz CT molecular complexity index is 787. The van der Waals surface area contributed by atoms with Crippen LogP contribution in [-0.4, -0.2) is 34.4 Å². The summed E-state index contributed by atoms with van der Waals surface area (Å²) in [6.45, 7) is 0.735. The third kappa shape index (κ3) is 3.53. The smallest absolute Gasteiger partial charge is 0.164 e. The SMILES string of the molecule is COc1cccc(Cc2nnnn2CCc2ccccc2)c1OC. The number of hydrogen-bond acceptors (Lipinski definition) is 5. The highest BCUT2D eigenvalue weighted by Gasteiger charge is 2.14. The third-order valence-electron chi connectivity index (χ3n) is 3.89. The molecule has 0 fully saturated rings. The molecule has 3 aromatic rings. The second-order valence-corrected chi connectivity index (χ2v) is 5.38. The topological polar surface area (TPSA) is 62.1 Å². The summed E-state index contributed by atoms with van der Waals surface area (Å²) in [5, 5.41) is 12.1. The van der Waals surface area contributed by atoms with Gasteiger partial charge in [0, 0.05) is 18.5 Å². The Kier molecular flexibility index (Phi) is 5.05. The molecule has 6 nitrogen and oxygen atoms in total. The molecule has 0 spiro atoms. The standard InChI is InChI=1S/C18H20N4O2/c1-23-16-10-6-9-15(18(16)24-2)13-17-19-20-21-22(17)12-11-14-7-4-3-5-8-14/h3-10H,11-13H2,1-2H3. The van der Waals surface area contributed by atoms with Crippen LogP contribution in [0.5, 0.6) is 11.5 Å². The summed E-state index contributed by atoms with van der Waals surface area (Å²) in [6.07, 6.45) is 1.47. The van der Waals surface area contributed by atoms with Crippen molar-refractivity contribution in [2.75, 3.05) is 14.2 Å². The van der Waals surface area contributed by atoms with Gasteiger partial charge >= 0.3 is 0 Å². The molecule has 2 aromatic carbocycles. The van der Waals surface area contributed by atoms with Crippen molar-refractivity contribution in [2.45, 2.75) is 19.4 Å². The predicted molar refractivity (Wildman–Crippen MR) is 90.3 cm³/mol. The molecule has 124 valence electrons. The maximum absolute atomic E-state index is 5.48. The van der Waals surface area contributed by atoms with Crippen molar-refractivity contribution in [1.29, 1.82) is 0 Å². The number of nitrogens with zero attached hydrogens (tertiary/aromatic N) is 4. The lowest BCUT2D eigenvalue weighted by molar-refractivity contribution is 0.352. The van der Waals surface area contributed by atoms with Crippen molar-refractivity contribution in [3.8, 4) is 11.5 Å². The van der Waals surface area contributed by atoms with Crippen LogP contribution in [0.4, 0.5) is 0 Å². The van der Waals surface area contributed by atoms with Crippen LogP contribution in [0.25, 0.3) is 0 Å². The zero-order valence-corrected chi connectivity index (χ0v) is 13.8. The van der Waals surface area contributed by atoms with E-state index in [1.807, 2.05) is 41.1 Å². The fourth-order valence-corrected chi connectivity index (χ4v) is 2.67.